The van der Waals surface area contributed by atoms with Crippen molar-refractivity contribution in [3.8, 4) is 17.2 Å². The summed E-state index contributed by atoms with van der Waals surface area (Å²) >= 11 is 0. The molecule has 3 fully saturated rings. The van der Waals surface area contributed by atoms with E-state index in [9.17, 15) is 28.8 Å². The molecular formula is C77H82O12. The van der Waals surface area contributed by atoms with Crippen LogP contribution in [0.2, 0.25) is 0 Å². The van der Waals surface area contributed by atoms with E-state index in [0.29, 0.717) is 50.6 Å². The zero-order valence-corrected chi connectivity index (χ0v) is 52.3. The Labute approximate surface area is 523 Å². The highest BCUT2D eigenvalue weighted by Gasteiger charge is 2.38. The molecule has 0 heterocycles. The van der Waals surface area contributed by atoms with Crippen LogP contribution in [0.3, 0.4) is 0 Å². The second-order valence-corrected chi connectivity index (χ2v) is 25.1. The van der Waals surface area contributed by atoms with Crippen molar-refractivity contribution in [3.05, 3.63) is 228 Å². The van der Waals surface area contributed by atoms with Crippen molar-refractivity contribution >= 4 is 36.8 Å². The molecule has 0 amide bonds. The first-order chi connectivity index (χ1) is 43.2. The monoisotopic (exact) mass is 1200 g/mol. The Morgan fingerprint density at radius 1 is 0.371 bits per heavy atom. The van der Waals surface area contributed by atoms with Gasteiger partial charge in [0.2, 0.25) is 0 Å². The normalized spacial score (nSPS) is 15.1. The van der Waals surface area contributed by atoms with E-state index in [1.54, 1.807) is 36.4 Å². The summed E-state index contributed by atoms with van der Waals surface area (Å²) in [4.78, 5) is 77.8. The van der Waals surface area contributed by atoms with Crippen LogP contribution in [0, 0.1) is 0 Å². The second-order valence-electron chi connectivity index (χ2n) is 25.1. The molecule has 0 unspecified atom stereocenters. The van der Waals surface area contributed by atoms with Gasteiger partial charge in [-0.1, -0.05) is 150 Å². The molecule has 0 atom stereocenters. The van der Waals surface area contributed by atoms with E-state index in [1.807, 2.05) is 54.6 Å². The van der Waals surface area contributed by atoms with Crippen LogP contribution in [0.4, 0.5) is 0 Å². The Morgan fingerprint density at radius 2 is 0.652 bits per heavy atom. The van der Waals surface area contributed by atoms with E-state index < -0.39 is 28.7 Å². The largest absolute Gasteiger partial charge is 0.488 e. The van der Waals surface area contributed by atoms with Gasteiger partial charge in [-0.05, 0) is 179 Å². The molecule has 3 aliphatic carbocycles. The first kappa shape index (κ1) is 63.4. The number of benzene rings is 7. The van der Waals surface area contributed by atoms with Crippen LogP contribution < -0.4 is 14.2 Å². The summed E-state index contributed by atoms with van der Waals surface area (Å²) in [6.07, 6.45) is 18.1. The highest BCUT2D eigenvalue weighted by Crippen LogP contribution is 2.50. The number of methoxy groups -OCH3 is 3. The fourth-order valence-electron chi connectivity index (χ4n) is 13.8. The van der Waals surface area contributed by atoms with Gasteiger partial charge in [0, 0.05) is 10.8 Å². The summed E-state index contributed by atoms with van der Waals surface area (Å²) in [5.41, 5.74) is 11.2. The van der Waals surface area contributed by atoms with E-state index in [0.717, 1.165) is 176 Å². The van der Waals surface area contributed by atoms with Crippen molar-refractivity contribution in [1.29, 1.82) is 0 Å². The van der Waals surface area contributed by atoms with Gasteiger partial charge in [-0.25, -0.2) is 14.4 Å². The molecule has 0 aliphatic heterocycles. The average Bonchev–Trinajstić information content (AvgIpc) is 0.773. The number of hydrogen-bond acceptors (Lipinski definition) is 12. The van der Waals surface area contributed by atoms with E-state index in [4.69, 9.17) is 28.4 Å². The van der Waals surface area contributed by atoms with Crippen molar-refractivity contribution in [2.24, 2.45) is 0 Å². The second kappa shape index (κ2) is 28.7. The maximum atomic E-state index is 13.8. The number of carbonyl (C=O) groups excluding carboxylic acids is 6. The van der Waals surface area contributed by atoms with E-state index >= 15 is 0 Å². The van der Waals surface area contributed by atoms with Gasteiger partial charge < -0.3 is 28.4 Å². The highest BCUT2D eigenvalue weighted by atomic mass is 16.5. The molecule has 12 nitrogen and oxygen atoms in total. The maximum absolute atomic E-state index is 13.8. The fourth-order valence-corrected chi connectivity index (χ4v) is 13.8. The van der Waals surface area contributed by atoms with Crippen molar-refractivity contribution in [3.63, 3.8) is 0 Å². The third-order valence-electron chi connectivity index (χ3n) is 19.3. The zero-order chi connectivity index (χ0) is 62.7. The minimum absolute atomic E-state index is 0.110. The summed E-state index contributed by atoms with van der Waals surface area (Å²) in [6.45, 7) is 7.13. The number of rotatable bonds is 23. The van der Waals surface area contributed by atoms with E-state index in [2.05, 4.69) is 63.2 Å². The van der Waals surface area contributed by atoms with Gasteiger partial charge >= 0.3 is 17.9 Å². The van der Waals surface area contributed by atoms with Gasteiger partial charge in [-0.3, -0.25) is 14.4 Å². The van der Waals surface area contributed by atoms with Gasteiger partial charge in [-0.15, -0.1) is 0 Å². The SMILES string of the molecule is COC(=O)c1ccc(COc2c(C=O)cc(C(C)(C)c3ccc(C(C)(c4cc(C=O)c(OCc5ccc(C(=O)OC)cc5)c(C5CCCCC5)c4)c4cc(C=O)c(OCc5ccc(C(=O)OC)cc5)c(C5CCCCC5)c4)cc3)cc2C2CCCCC2)cc1. The summed E-state index contributed by atoms with van der Waals surface area (Å²) in [6, 6.07) is 42.7. The molecule has 0 spiro atoms. The lowest BCUT2D eigenvalue weighted by Crippen LogP contribution is -2.28. The van der Waals surface area contributed by atoms with Crippen LogP contribution in [0.5, 0.6) is 17.2 Å². The molecule has 3 aliphatic rings. The van der Waals surface area contributed by atoms with Gasteiger partial charge in [0.25, 0.3) is 0 Å². The van der Waals surface area contributed by atoms with Crippen LogP contribution in [0.25, 0.3) is 0 Å². The highest BCUT2D eigenvalue weighted by molar-refractivity contribution is 5.90. The first-order valence-corrected chi connectivity index (χ1v) is 31.6. The average molecular weight is 1200 g/mol. The Morgan fingerprint density at radius 3 is 0.944 bits per heavy atom. The van der Waals surface area contributed by atoms with Crippen molar-refractivity contribution < 1.29 is 57.2 Å². The molecule has 10 rings (SSSR count). The van der Waals surface area contributed by atoms with Crippen LogP contribution in [-0.2, 0) is 44.9 Å². The lowest BCUT2D eigenvalue weighted by molar-refractivity contribution is 0.0592. The van der Waals surface area contributed by atoms with Crippen LogP contribution in [0.15, 0.2) is 133 Å². The third-order valence-corrected chi connectivity index (χ3v) is 19.3. The standard InChI is InChI=1S/C77H82O12/c1-76(2,64-38-59(44-78)70(67(41-64)53-16-10-7-11-17-53)87-47-50-22-28-56(29-23-50)73(81)84-4)62-34-36-63(37-35-62)77(3,65-39-60(45-79)71(68(42-65)54-18-12-8-13-19-54)88-48-51-24-30-57(31-25-51)74(82)85-5)66-40-61(46-80)72(69(43-66)55-20-14-9-15-21-55)89-49-52-26-32-58(33-27-52)75(83)86-6/h22-46,53-55H,7-21,47-49H2,1-6H3. The molecule has 0 bridgehead atoms. The van der Waals surface area contributed by atoms with Crippen LogP contribution >= 0.6 is 0 Å². The smallest absolute Gasteiger partial charge is 0.337 e. The molecule has 7 aromatic rings. The quantitative estimate of drug-likeness (QED) is 0.0259. The summed E-state index contributed by atoms with van der Waals surface area (Å²) < 4.78 is 35.0. The molecule has 3 saturated carbocycles. The lowest BCUT2D eigenvalue weighted by Gasteiger charge is -2.36. The third kappa shape index (κ3) is 14.0. The van der Waals surface area contributed by atoms with Crippen molar-refractivity contribution in [2.75, 3.05) is 21.3 Å². The number of esters is 3. The maximum Gasteiger partial charge on any atom is 0.337 e. The predicted octanol–water partition coefficient (Wildman–Crippen LogP) is 17.0. The Balaban J connectivity index is 1.09. The summed E-state index contributed by atoms with van der Waals surface area (Å²) in [7, 11) is 4.07. The number of aldehydes is 3. The molecule has 89 heavy (non-hydrogen) atoms. The van der Waals surface area contributed by atoms with Crippen LogP contribution in [0.1, 0.15) is 258 Å². The van der Waals surface area contributed by atoms with Crippen molar-refractivity contribution in [1.82, 2.24) is 0 Å². The Kier molecular flexibility index (Phi) is 20.4. The Hall–Kier alpha value is -8.64. The van der Waals surface area contributed by atoms with Crippen LogP contribution in [-0.4, -0.2) is 58.1 Å². The molecule has 0 saturated heterocycles. The zero-order valence-electron chi connectivity index (χ0n) is 52.3. The fraction of sp³-hybridized carbons (Fsp3) is 0.377. The van der Waals surface area contributed by atoms with Crippen molar-refractivity contribution in [2.45, 2.75) is 165 Å². The van der Waals surface area contributed by atoms with Gasteiger partial charge in [0.05, 0.1) is 54.7 Å². The summed E-state index contributed by atoms with van der Waals surface area (Å²) in [5, 5.41) is 0. The number of hydrogen-bond donors (Lipinski definition) is 0. The number of carbonyl (C=O) groups is 6. The lowest BCUT2D eigenvalue weighted by atomic mass is 9.67. The van der Waals surface area contributed by atoms with Gasteiger partial charge in [0.1, 0.15) is 37.1 Å². The summed E-state index contributed by atoms with van der Waals surface area (Å²) in [5.74, 6) is 0.830. The Bertz CT molecular complexity index is 3510. The molecule has 7 aromatic carbocycles. The predicted molar refractivity (Wildman–Crippen MR) is 343 cm³/mol. The molecule has 12 heteroatoms. The minimum Gasteiger partial charge on any atom is -0.488 e. The minimum atomic E-state index is -0.979. The molecule has 0 N–H and O–H groups in total. The number of ether oxygens (including phenoxy) is 6. The van der Waals surface area contributed by atoms with Gasteiger partial charge in [0.15, 0.2) is 18.9 Å². The molecule has 462 valence electrons. The molecular weight excluding hydrogens is 1120 g/mol. The molecule has 0 aromatic heterocycles. The van der Waals surface area contributed by atoms with Gasteiger partial charge in [-0.2, -0.15) is 0 Å². The van der Waals surface area contributed by atoms with E-state index in [1.165, 1.54) is 21.3 Å². The van der Waals surface area contributed by atoms with E-state index in [-0.39, 0.29) is 37.6 Å². The molecule has 0 radical (unpaired) electrons. The topological polar surface area (TPSA) is 158 Å². The first-order valence-electron chi connectivity index (χ1n) is 31.6.